The maximum atomic E-state index is 8.41. The van der Waals surface area contributed by atoms with Gasteiger partial charge in [-0.1, -0.05) is 0 Å². The molecule has 0 N–H and O–H groups in total. The van der Waals surface area contributed by atoms with Gasteiger partial charge in [0, 0.05) is 0 Å². The van der Waals surface area contributed by atoms with E-state index in [1.54, 1.807) is 0 Å². The van der Waals surface area contributed by atoms with E-state index in [4.69, 9.17) is 55.9 Å². The molecule has 0 fully saturated rings. The molecule has 1 radical (unpaired) electrons. The first-order chi connectivity index (χ1) is 6.93. The van der Waals surface area contributed by atoms with Crippen LogP contribution in [0.1, 0.15) is 0 Å². The summed E-state index contributed by atoms with van der Waals surface area (Å²) in [5.41, 5.74) is 0. The third kappa shape index (κ3) is 1100. The third-order valence-corrected chi connectivity index (χ3v) is 0. The SMILES string of the molecule is [Cr+3].[Na+].[O-][Cl+2]([O-])[O-].[O-][Cl+2]([O-])[O-].[O-][Cl+2]([O-])[O-].[O-][Cl+2]([O-])[O-]. The quantitative estimate of drug-likeness (QED) is 0.337. The maximum Gasteiger partial charge on any atom is 3.00 e. The van der Waals surface area contributed by atoms with E-state index in [1.165, 1.54) is 0 Å². The van der Waals surface area contributed by atoms with Gasteiger partial charge in [-0.15, -0.1) is 0 Å². The molecule has 0 aliphatic heterocycles. The fraction of sp³-hybridized carbons (Fsp3) is 0. The first-order valence-electron chi connectivity index (χ1n) is 1.85. The van der Waals surface area contributed by atoms with Crippen LogP contribution in [0.4, 0.5) is 0 Å². The Bertz CT molecular complexity index is 67.1. The second kappa shape index (κ2) is 31.5. The molecule has 18 heteroatoms. The van der Waals surface area contributed by atoms with Crippen molar-refractivity contribution < 1.29 is 146 Å². The smallest absolute Gasteiger partial charge is 0.357 e. The van der Waals surface area contributed by atoms with Crippen LogP contribution in [0.25, 0.3) is 0 Å². The summed E-state index contributed by atoms with van der Waals surface area (Å²) in [6.45, 7) is 0. The molecule has 0 rings (SSSR count). The monoisotopic (exact) mass is 407 g/mol. The summed E-state index contributed by atoms with van der Waals surface area (Å²) < 4.78 is 101. The van der Waals surface area contributed by atoms with E-state index in [0.29, 0.717) is 0 Å². The zero-order chi connectivity index (χ0) is 14.3. The van der Waals surface area contributed by atoms with Crippen molar-refractivity contribution in [3.63, 3.8) is 0 Å². The van der Waals surface area contributed by atoms with Crippen LogP contribution in [0, 0.1) is 43.1 Å². The molecule has 0 spiro atoms. The van der Waals surface area contributed by atoms with Gasteiger partial charge in [0.25, 0.3) is 0 Å². The molecule has 0 unspecified atom stereocenters. The van der Waals surface area contributed by atoms with Crippen LogP contribution >= 0.6 is 0 Å². The van der Waals surface area contributed by atoms with Crippen molar-refractivity contribution in [2.45, 2.75) is 0 Å². The van der Waals surface area contributed by atoms with Crippen molar-refractivity contribution in [2.24, 2.45) is 0 Å². The van der Waals surface area contributed by atoms with Crippen LogP contribution in [-0.2, 0) is 17.4 Å². The molecular formula is Cl4CrNaO12. The van der Waals surface area contributed by atoms with Crippen LogP contribution in [0.3, 0.4) is 0 Å². The number of hydrogen-bond donors (Lipinski definition) is 0. The zero-order valence-corrected chi connectivity index (χ0v) is 14.1. The summed E-state index contributed by atoms with van der Waals surface area (Å²) in [7, 11) is -11.4. The molecule has 12 nitrogen and oxygen atoms in total. The summed E-state index contributed by atoms with van der Waals surface area (Å²) in [5, 5.41) is 0. The molecule has 107 valence electrons. The second-order valence-electron chi connectivity index (χ2n) is 0.756. The van der Waals surface area contributed by atoms with Gasteiger partial charge < -0.3 is 55.9 Å². The summed E-state index contributed by atoms with van der Waals surface area (Å²) in [6.07, 6.45) is 0. The Morgan fingerprint density at radius 1 is 0.333 bits per heavy atom. The van der Waals surface area contributed by atoms with Gasteiger partial charge in [-0.05, 0) is 0 Å². The van der Waals surface area contributed by atoms with Crippen LogP contribution in [0.15, 0.2) is 0 Å². The molecule has 18 heavy (non-hydrogen) atoms. The summed E-state index contributed by atoms with van der Waals surface area (Å²) in [6, 6.07) is 0. The number of rotatable bonds is 0. The predicted octanol–water partition coefficient (Wildman–Crippen LogP) is -17.3. The van der Waals surface area contributed by atoms with Gasteiger partial charge in [0.15, 0.2) is 0 Å². The Morgan fingerprint density at radius 2 is 0.333 bits per heavy atom. The number of halogens is 4. The average molecular weight is 409 g/mol. The molecule has 0 aliphatic rings. The molecule has 0 aliphatic carbocycles. The molecule has 0 heterocycles. The number of hydrogen-bond acceptors (Lipinski definition) is 12. The Labute approximate surface area is 145 Å². The van der Waals surface area contributed by atoms with Gasteiger partial charge >= 0.3 is 46.9 Å². The Hall–Kier alpha value is 2.21. The van der Waals surface area contributed by atoms with E-state index < -0.39 is 43.1 Å². The van der Waals surface area contributed by atoms with Gasteiger partial charge in [-0.25, -0.2) is 0 Å². The Morgan fingerprint density at radius 3 is 0.333 bits per heavy atom. The van der Waals surface area contributed by atoms with Gasteiger partial charge in [-0.3, -0.25) is 0 Å². The van der Waals surface area contributed by atoms with E-state index in [1.807, 2.05) is 0 Å². The summed E-state index contributed by atoms with van der Waals surface area (Å²) >= 11 is 0. The first kappa shape index (κ1) is 36.9. The van der Waals surface area contributed by atoms with Gasteiger partial charge in [0.1, 0.15) is 0 Å². The fourth-order valence-corrected chi connectivity index (χ4v) is 0. The third-order valence-electron chi connectivity index (χ3n) is 0. The molecule has 0 saturated heterocycles. The molecular weight excluding hydrogens is 409 g/mol. The summed E-state index contributed by atoms with van der Waals surface area (Å²) in [5.74, 6) is 0. The molecule has 0 aromatic carbocycles. The Kier molecular flexibility index (Phi) is 64.7. The molecule has 0 bridgehead atoms. The van der Waals surface area contributed by atoms with Crippen molar-refractivity contribution in [3.8, 4) is 0 Å². The van der Waals surface area contributed by atoms with Gasteiger partial charge in [0.05, 0.1) is 43.1 Å². The van der Waals surface area contributed by atoms with Crippen molar-refractivity contribution >= 4 is 0 Å². The van der Waals surface area contributed by atoms with E-state index in [0.717, 1.165) is 0 Å². The zero-order valence-electron chi connectivity index (χ0n) is 7.82. The second-order valence-corrected chi connectivity index (χ2v) is 2.27. The first-order valence-corrected chi connectivity index (χ1v) is 5.55. The van der Waals surface area contributed by atoms with Gasteiger partial charge in [-0.2, -0.15) is 0 Å². The van der Waals surface area contributed by atoms with Gasteiger partial charge in [0.2, 0.25) is 0 Å². The van der Waals surface area contributed by atoms with Crippen LogP contribution in [-0.4, -0.2) is 0 Å². The maximum absolute atomic E-state index is 8.41. The largest absolute Gasteiger partial charge is 3.00 e. The molecule has 0 aromatic heterocycles. The predicted molar refractivity (Wildman–Crippen MR) is 0 cm³/mol. The van der Waals surface area contributed by atoms with Crippen LogP contribution in [0.5, 0.6) is 0 Å². The minimum Gasteiger partial charge on any atom is -0.357 e. The van der Waals surface area contributed by atoms with E-state index in [-0.39, 0.29) is 46.9 Å². The van der Waals surface area contributed by atoms with Crippen molar-refractivity contribution in [2.75, 3.05) is 0 Å². The van der Waals surface area contributed by atoms with Crippen molar-refractivity contribution in [3.05, 3.63) is 0 Å². The van der Waals surface area contributed by atoms with Crippen LogP contribution < -0.4 is 85.5 Å². The normalized spacial score (nSPS) is 8.00. The standard InChI is InChI=1S/4ClO3.Cr.Na/c4*2-1(3)4;;/q4*-1;+3;+1. The summed E-state index contributed by atoms with van der Waals surface area (Å²) in [4.78, 5) is 0. The molecule has 0 aromatic rings. The van der Waals surface area contributed by atoms with E-state index in [2.05, 4.69) is 0 Å². The van der Waals surface area contributed by atoms with E-state index in [9.17, 15) is 0 Å². The fourth-order valence-electron chi connectivity index (χ4n) is 0. The van der Waals surface area contributed by atoms with Crippen molar-refractivity contribution in [1.29, 1.82) is 0 Å². The van der Waals surface area contributed by atoms with Crippen molar-refractivity contribution in [1.82, 2.24) is 0 Å². The molecule has 0 saturated carbocycles. The Balaban J connectivity index is -0.0000000257. The molecule has 0 atom stereocenters. The molecule has 0 amide bonds. The van der Waals surface area contributed by atoms with E-state index >= 15 is 0 Å². The average Bonchev–Trinajstić information content (AvgIpc) is 1.76. The minimum atomic E-state index is -2.85. The minimum absolute atomic E-state index is 0. The van der Waals surface area contributed by atoms with Crippen LogP contribution in [0.2, 0.25) is 0 Å². The topological polar surface area (TPSA) is 277 Å².